The van der Waals surface area contributed by atoms with Crippen LogP contribution in [0.5, 0.6) is 23.0 Å². The standard InChI is InChI=1S/C26H26ClFN2O5/c1-4-33-22-11-8-19(14-23(22)34-5-2)26(31)30-29-15-18-12-21(27)25(24(13-18)32-3)35-16-17-6-9-20(28)10-7-17/h6-15H,4-5,16H2,1-3H3,(H,30,31)/b29-15+. The molecule has 3 aromatic carbocycles. The lowest BCUT2D eigenvalue weighted by molar-refractivity contribution is 0.0954. The van der Waals surface area contributed by atoms with Gasteiger partial charge in [-0.2, -0.15) is 5.10 Å². The molecule has 1 amide bonds. The highest BCUT2D eigenvalue weighted by Crippen LogP contribution is 2.36. The van der Waals surface area contributed by atoms with Crippen LogP contribution in [0.2, 0.25) is 5.02 Å². The maximum Gasteiger partial charge on any atom is 0.271 e. The Bertz CT molecular complexity index is 1190. The molecule has 184 valence electrons. The Morgan fingerprint density at radius 1 is 0.971 bits per heavy atom. The third kappa shape index (κ3) is 7.10. The zero-order chi connectivity index (χ0) is 25.2. The van der Waals surface area contributed by atoms with Crippen molar-refractivity contribution in [3.05, 3.63) is 82.1 Å². The van der Waals surface area contributed by atoms with Gasteiger partial charge in [-0.05, 0) is 67.4 Å². The molecule has 3 rings (SSSR count). The Morgan fingerprint density at radius 2 is 1.69 bits per heavy atom. The van der Waals surface area contributed by atoms with Gasteiger partial charge < -0.3 is 18.9 Å². The molecular weight excluding hydrogens is 475 g/mol. The van der Waals surface area contributed by atoms with Crippen molar-refractivity contribution < 1.29 is 28.1 Å². The molecule has 0 atom stereocenters. The Labute approximate surface area is 208 Å². The highest BCUT2D eigenvalue weighted by molar-refractivity contribution is 6.32. The Hall–Kier alpha value is -3.78. The summed E-state index contributed by atoms with van der Waals surface area (Å²) in [5.41, 5.74) is 4.21. The third-order valence-corrected chi connectivity index (χ3v) is 5.01. The van der Waals surface area contributed by atoms with E-state index in [1.165, 1.54) is 25.5 Å². The van der Waals surface area contributed by atoms with Crippen LogP contribution >= 0.6 is 11.6 Å². The van der Waals surface area contributed by atoms with E-state index >= 15 is 0 Å². The minimum absolute atomic E-state index is 0.186. The number of amides is 1. The van der Waals surface area contributed by atoms with Gasteiger partial charge in [-0.25, -0.2) is 9.82 Å². The molecule has 0 bridgehead atoms. The topological polar surface area (TPSA) is 78.4 Å². The summed E-state index contributed by atoms with van der Waals surface area (Å²) in [6, 6.07) is 14.2. The molecule has 7 nitrogen and oxygen atoms in total. The monoisotopic (exact) mass is 500 g/mol. The predicted molar refractivity (Wildman–Crippen MR) is 133 cm³/mol. The van der Waals surface area contributed by atoms with E-state index in [0.29, 0.717) is 52.4 Å². The minimum Gasteiger partial charge on any atom is -0.493 e. The fraction of sp³-hybridized carbons (Fsp3) is 0.231. The number of ether oxygens (including phenoxy) is 4. The highest BCUT2D eigenvalue weighted by Gasteiger charge is 2.13. The lowest BCUT2D eigenvalue weighted by atomic mass is 10.2. The Kier molecular flexibility index (Phi) is 9.31. The van der Waals surface area contributed by atoms with Crippen LogP contribution in [0.25, 0.3) is 0 Å². The summed E-state index contributed by atoms with van der Waals surface area (Å²) in [5, 5.41) is 4.31. The summed E-state index contributed by atoms with van der Waals surface area (Å²) >= 11 is 6.39. The number of hydrogen-bond acceptors (Lipinski definition) is 6. The lowest BCUT2D eigenvalue weighted by Gasteiger charge is -2.13. The van der Waals surface area contributed by atoms with Gasteiger partial charge in [-0.1, -0.05) is 23.7 Å². The van der Waals surface area contributed by atoms with Crippen LogP contribution in [0.3, 0.4) is 0 Å². The molecule has 0 aliphatic heterocycles. The van der Waals surface area contributed by atoms with Crippen LogP contribution < -0.4 is 24.4 Å². The summed E-state index contributed by atoms with van der Waals surface area (Å²) in [4.78, 5) is 12.5. The number of carbonyl (C=O) groups is 1. The SMILES string of the molecule is CCOc1ccc(C(=O)N/N=C/c2cc(Cl)c(OCc3ccc(F)cc3)c(OC)c2)cc1OCC. The van der Waals surface area contributed by atoms with Gasteiger partial charge in [0.05, 0.1) is 31.6 Å². The fourth-order valence-corrected chi connectivity index (χ4v) is 3.39. The minimum atomic E-state index is -0.414. The van der Waals surface area contributed by atoms with Crippen molar-refractivity contribution >= 4 is 23.7 Å². The maximum atomic E-state index is 13.1. The van der Waals surface area contributed by atoms with Gasteiger partial charge in [-0.3, -0.25) is 4.79 Å². The molecule has 0 aliphatic carbocycles. The van der Waals surface area contributed by atoms with E-state index in [1.807, 2.05) is 13.8 Å². The van der Waals surface area contributed by atoms with Gasteiger partial charge >= 0.3 is 0 Å². The number of methoxy groups -OCH3 is 1. The van der Waals surface area contributed by atoms with E-state index in [9.17, 15) is 9.18 Å². The second kappa shape index (κ2) is 12.6. The van der Waals surface area contributed by atoms with Crippen LogP contribution in [0.4, 0.5) is 4.39 Å². The second-order valence-corrected chi connectivity index (χ2v) is 7.58. The summed E-state index contributed by atoms with van der Waals surface area (Å²) < 4.78 is 35.3. The summed E-state index contributed by atoms with van der Waals surface area (Å²) in [5.74, 6) is 1.05. The predicted octanol–water partition coefficient (Wildman–Crippen LogP) is 5.63. The van der Waals surface area contributed by atoms with E-state index in [0.717, 1.165) is 5.56 Å². The number of rotatable bonds is 11. The lowest BCUT2D eigenvalue weighted by Crippen LogP contribution is -2.17. The Balaban J connectivity index is 1.68. The van der Waals surface area contributed by atoms with Crippen LogP contribution in [0, 0.1) is 5.82 Å². The number of hydrazone groups is 1. The molecule has 35 heavy (non-hydrogen) atoms. The number of nitrogens with zero attached hydrogens (tertiary/aromatic N) is 1. The van der Waals surface area contributed by atoms with Crippen molar-refractivity contribution in [1.82, 2.24) is 5.43 Å². The first kappa shape index (κ1) is 25.8. The van der Waals surface area contributed by atoms with E-state index in [2.05, 4.69) is 10.5 Å². The molecule has 0 aromatic heterocycles. The molecule has 0 radical (unpaired) electrons. The summed E-state index contributed by atoms with van der Waals surface area (Å²) in [6.45, 7) is 4.83. The van der Waals surface area contributed by atoms with Gasteiger partial charge in [-0.15, -0.1) is 0 Å². The molecular formula is C26H26ClFN2O5. The van der Waals surface area contributed by atoms with Crippen molar-refractivity contribution in [2.45, 2.75) is 20.5 Å². The molecule has 3 aromatic rings. The van der Waals surface area contributed by atoms with E-state index in [4.69, 9.17) is 30.5 Å². The summed E-state index contributed by atoms with van der Waals surface area (Å²) in [6.07, 6.45) is 1.44. The van der Waals surface area contributed by atoms with Crippen LogP contribution in [0.15, 0.2) is 59.7 Å². The fourth-order valence-electron chi connectivity index (χ4n) is 3.11. The number of nitrogens with one attached hydrogen (secondary N) is 1. The quantitative estimate of drug-likeness (QED) is 0.273. The number of carbonyl (C=O) groups excluding carboxylic acids is 1. The van der Waals surface area contributed by atoms with Gasteiger partial charge in [0.1, 0.15) is 12.4 Å². The van der Waals surface area contributed by atoms with Gasteiger partial charge in [0, 0.05) is 5.56 Å². The third-order valence-electron chi connectivity index (χ3n) is 4.73. The van der Waals surface area contributed by atoms with Crippen LogP contribution in [-0.4, -0.2) is 32.4 Å². The number of benzene rings is 3. The summed E-state index contributed by atoms with van der Waals surface area (Å²) in [7, 11) is 1.49. The molecule has 0 unspecified atom stereocenters. The largest absolute Gasteiger partial charge is 0.493 e. The molecule has 1 N–H and O–H groups in total. The van der Waals surface area contributed by atoms with Gasteiger partial charge in [0.15, 0.2) is 23.0 Å². The molecule has 0 fully saturated rings. The molecule has 0 heterocycles. The van der Waals surface area contributed by atoms with E-state index in [-0.39, 0.29) is 12.4 Å². The molecule has 0 spiro atoms. The molecule has 0 saturated carbocycles. The highest BCUT2D eigenvalue weighted by atomic mass is 35.5. The Morgan fingerprint density at radius 3 is 2.37 bits per heavy atom. The van der Waals surface area contributed by atoms with Gasteiger partial charge in [0.2, 0.25) is 0 Å². The van der Waals surface area contributed by atoms with Crippen LogP contribution in [0.1, 0.15) is 35.3 Å². The van der Waals surface area contributed by atoms with Gasteiger partial charge in [0.25, 0.3) is 5.91 Å². The average molecular weight is 501 g/mol. The van der Waals surface area contributed by atoms with Crippen molar-refractivity contribution in [3.63, 3.8) is 0 Å². The van der Waals surface area contributed by atoms with E-state index in [1.54, 1.807) is 42.5 Å². The van der Waals surface area contributed by atoms with Crippen LogP contribution in [-0.2, 0) is 6.61 Å². The first-order chi connectivity index (χ1) is 16.9. The smallest absolute Gasteiger partial charge is 0.271 e. The zero-order valence-corrected chi connectivity index (χ0v) is 20.4. The molecule has 0 saturated heterocycles. The maximum absolute atomic E-state index is 13.1. The molecule has 9 heteroatoms. The number of hydrogen-bond donors (Lipinski definition) is 1. The first-order valence-corrected chi connectivity index (χ1v) is 11.3. The second-order valence-electron chi connectivity index (χ2n) is 7.18. The van der Waals surface area contributed by atoms with E-state index < -0.39 is 5.91 Å². The van der Waals surface area contributed by atoms with Crippen molar-refractivity contribution in [1.29, 1.82) is 0 Å². The first-order valence-electron chi connectivity index (χ1n) is 10.9. The normalized spacial score (nSPS) is 10.8. The van der Waals surface area contributed by atoms with Crippen molar-refractivity contribution in [3.8, 4) is 23.0 Å². The van der Waals surface area contributed by atoms with Crippen molar-refractivity contribution in [2.24, 2.45) is 5.10 Å². The van der Waals surface area contributed by atoms with Crippen molar-refractivity contribution in [2.75, 3.05) is 20.3 Å². The number of halogens is 2. The molecule has 0 aliphatic rings. The zero-order valence-electron chi connectivity index (χ0n) is 19.6. The average Bonchev–Trinajstić information content (AvgIpc) is 2.85.